The fourth-order valence-corrected chi connectivity index (χ4v) is 1.42. The zero-order valence-electron chi connectivity index (χ0n) is 8.15. The van der Waals surface area contributed by atoms with E-state index in [0.717, 1.165) is 11.2 Å². The maximum absolute atomic E-state index is 4.39. The van der Waals surface area contributed by atoms with Crippen LogP contribution in [0.5, 0.6) is 0 Å². The summed E-state index contributed by atoms with van der Waals surface area (Å²) in [5.41, 5.74) is 2.27. The highest BCUT2D eigenvalue weighted by atomic mass is 15.0. The highest BCUT2D eigenvalue weighted by Gasteiger charge is 2.19. The minimum absolute atomic E-state index is 0.0811. The molecular formula is C10H13N3. The van der Waals surface area contributed by atoms with Crippen LogP contribution in [-0.4, -0.2) is 14.4 Å². The summed E-state index contributed by atoms with van der Waals surface area (Å²) in [7, 11) is 0. The first kappa shape index (κ1) is 8.23. The second-order valence-electron chi connectivity index (χ2n) is 4.21. The molecule has 0 aromatic carbocycles. The van der Waals surface area contributed by atoms with Crippen LogP contribution in [-0.2, 0) is 5.41 Å². The number of rotatable bonds is 0. The lowest BCUT2D eigenvalue weighted by Gasteiger charge is -2.15. The molecule has 0 amide bonds. The van der Waals surface area contributed by atoms with Gasteiger partial charge in [0.25, 0.3) is 0 Å². The summed E-state index contributed by atoms with van der Waals surface area (Å²) in [6, 6.07) is 0. The van der Waals surface area contributed by atoms with Crippen molar-refractivity contribution in [1.29, 1.82) is 0 Å². The van der Waals surface area contributed by atoms with Gasteiger partial charge in [-0.1, -0.05) is 20.8 Å². The molecule has 0 aliphatic heterocycles. The largest absolute Gasteiger partial charge is 0.303 e. The summed E-state index contributed by atoms with van der Waals surface area (Å²) >= 11 is 0. The molecule has 0 saturated heterocycles. The minimum atomic E-state index is 0.0811. The van der Waals surface area contributed by atoms with Gasteiger partial charge in [0.05, 0.1) is 23.7 Å². The molecule has 3 heteroatoms. The van der Waals surface area contributed by atoms with E-state index < -0.39 is 0 Å². The predicted molar refractivity (Wildman–Crippen MR) is 51.7 cm³/mol. The summed E-state index contributed by atoms with van der Waals surface area (Å²) in [5.74, 6) is 0. The zero-order chi connectivity index (χ0) is 9.47. The molecule has 2 heterocycles. The smallest absolute Gasteiger partial charge is 0.0996 e. The van der Waals surface area contributed by atoms with Gasteiger partial charge in [-0.15, -0.1) is 0 Å². The quantitative estimate of drug-likeness (QED) is 0.613. The van der Waals surface area contributed by atoms with Crippen molar-refractivity contribution in [1.82, 2.24) is 14.4 Å². The van der Waals surface area contributed by atoms with Crippen molar-refractivity contribution in [2.45, 2.75) is 26.2 Å². The third kappa shape index (κ3) is 1.30. The van der Waals surface area contributed by atoms with E-state index >= 15 is 0 Å². The maximum Gasteiger partial charge on any atom is 0.0996 e. The summed E-state index contributed by atoms with van der Waals surface area (Å²) in [4.78, 5) is 8.49. The van der Waals surface area contributed by atoms with Crippen LogP contribution in [0.25, 0.3) is 5.52 Å². The molecule has 0 aliphatic rings. The Morgan fingerprint density at radius 3 is 2.77 bits per heavy atom. The molecule has 0 saturated carbocycles. The Morgan fingerprint density at radius 2 is 2.08 bits per heavy atom. The first-order valence-corrected chi connectivity index (χ1v) is 4.36. The molecule has 0 radical (unpaired) electrons. The third-order valence-electron chi connectivity index (χ3n) is 2.05. The van der Waals surface area contributed by atoms with E-state index in [4.69, 9.17) is 0 Å². The molecule has 68 valence electrons. The van der Waals surface area contributed by atoms with Gasteiger partial charge in [-0.05, 0) is 0 Å². The van der Waals surface area contributed by atoms with Gasteiger partial charge < -0.3 is 4.40 Å². The number of hydrogen-bond donors (Lipinski definition) is 0. The van der Waals surface area contributed by atoms with Crippen molar-refractivity contribution < 1.29 is 0 Å². The van der Waals surface area contributed by atoms with Crippen molar-refractivity contribution >= 4 is 5.52 Å². The van der Waals surface area contributed by atoms with E-state index in [1.807, 2.05) is 23.1 Å². The SMILES string of the molecule is CC(C)(C)c1ncn2ccncc12. The molecule has 0 fully saturated rings. The number of aromatic nitrogens is 3. The van der Waals surface area contributed by atoms with Crippen molar-refractivity contribution in [3.63, 3.8) is 0 Å². The van der Waals surface area contributed by atoms with Gasteiger partial charge in [0.1, 0.15) is 0 Å². The van der Waals surface area contributed by atoms with Crippen LogP contribution in [0.1, 0.15) is 26.5 Å². The molecular weight excluding hydrogens is 162 g/mol. The van der Waals surface area contributed by atoms with Crippen LogP contribution >= 0.6 is 0 Å². The lowest BCUT2D eigenvalue weighted by atomic mass is 9.92. The molecule has 0 N–H and O–H groups in total. The van der Waals surface area contributed by atoms with Gasteiger partial charge in [-0.3, -0.25) is 4.98 Å². The van der Waals surface area contributed by atoms with Crippen LogP contribution in [0.15, 0.2) is 24.9 Å². The number of hydrogen-bond acceptors (Lipinski definition) is 2. The lowest BCUT2D eigenvalue weighted by Crippen LogP contribution is -2.12. The molecule has 2 aromatic heterocycles. The van der Waals surface area contributed by atoms with Crippen LogP contribution in [0.3, 0.4) is 0 Å². The summed E-state index contributed by atoms with van der Waals surface area (Å²) in [6.45, 7) is 6.47. The van der Waals surface area contributed by atoms with Crippen molar-refractivity contribution in [2.75, 3.05) is 0 Å². The second kappa shape index (κ2) is 2.55. The fourth-order valence-electron chi connectivity index (χ4n) is 1.42. The number of nitrogens with zero attached hydrogens (tertiary/aromatic N) is 3. The molecule has 0 bridgehead atoms. The van der Waals surface area contributed by atoms with Gasteiger partial charge in [0.15, 0.2) is 0 Å². The van der Waals surface area contributed by atoms with E-state index in [2.05, 4.69) is 30.7 Å². The first-order valence-electron chi connectivity index (χ1n) is 4.36. The van der Waals surface area contributed by atoms with E-state index in [0.29, 0.717) is 0 Å². The normalized spacial score (nSPS) is 12.2. The van der Waals surface area contributed by atoms with Gasteiger partial charge >= 0.3 is 0 Å². The lowest BCUT2D eigenvalue weighted by molar-refractivity contribution is 0.577. The predicted octanol–water partition coefficient (Wildman–Crippen LogP) is 2.03. The van der Waals surface area contributed by atoms with Crippen LogP contribution in [0, 0.1) is 0 Å². The molecule has 3 nitrogen and oxygen atoms in total. The average molecular weight is 175 g/mol. The average Bonchev–Trinajstić information content (AvgIpc) is 2.45. The first-order chi connectivity index (χ1) is 6.09. The fraction of sp³-hybridized carbons (Fsp3) is 0.400. The highest BCUT2D eigenvalue weighted by molar-refractivity contribution is 5.52. The standard InChI is InChI=1S/C10H13N3/c1-10(2,3)9-8-6-11-4-5-13(8)7-12-9/h4-7H,1-3H3. The molecule has 0 spiro atoms. The van der Waals surface area contributed by atoms with Crippen LogP contribution in [0.4, 0.5) is 0 Å². The Kier molecular flexibility index (Phi) is 1.62. The number of fused-ring (bicyclic) bond motifs is 1. The molecule has 0 unspecified atom stereocenters. The van der Waals surface area contributed by atoms with E-state index in [-0.39, 0.29) is 5.41 Å². The molecule has 0 atom stereocenters. The van der Waals surface area contributed by atoms with Crippen molar-refractivity contribution in [3.05, 3.63) is 30.6 Å². The van der Waals surface area contributed by atoms with Crippen LogP contribution in [0.2, 0.25) is 0 Å². The van der Waals surface area contributed by atoms with Gasteiger partial charge in [0, 0.05) is 17.8 Å². The van der Waals surface area contributed by atoms with Crippen molar-refractivity contribution in [3.8, 4) is 0 Å². The topological polar surface area (TPSA) is 30.2 Å². The van der Waals surface area contributed by atoms with Gasteiger partial charge in [0.2, 0.25) is 0 Å². The van der Waals surface area contributed by atoms with E-state index in [1.165, 1.54) is 0 Å². The molecule has 2 rings (SSSR count). The minimum Gasteiger partial charge on any atom is -0.303 e. The Morgan fingerprint density at radius 1 is 1.31 bits per heavy atom. The summed E-state index contributed by atoms with van der Waals surface area (Å²) in [6.07, 6.45) is 7.36. The monoisotopic (exact) mass is 175 g/mol. The van der Waals surface area contributed by atoms with Gasteiger partial charge in [-0.2, -0.15) is 0 Å². The van der Waals surface area contributed by atoms with E-state index in [1.54, 1.807) is 6.20 Å². The van der Waals surface area contributed by atoms with Crippen molar-refractivity contribution in [2.24, 2.45) is 0 Å². The highest BCUT2D eigenvalue weighted by Crippen LogP contribution is 2.23. The molecule has 13 heavy (non-hydrogen) atoms. The third-order valence-corrected chi connectivity index (χ3v) is 2.05. The maximum atomic E-state index is 4.39. The number of imidazole rings is 1. The summed E-state index contributed by atoms with van der Waals surface area (Å²) in [5, 5.41) is 0. The van der Waals surface area contributed by atoms with E-state index in [9.17, 15) is 0 Å². The zero-order valence-corrected chi connectivity index (χ0v) is 8.15. The molecule has 0 aliphatic carbocycles. The van der Waals surface area contributed by atoms with Crippen LogP contribution < -0.4 is 0 Å². The van der Waals surface area contributed by atoms with Gasteiger partial charge in [-0.25, -0.2) is 4.98 Å². The Balaban J connectivity index is 2.72. The molecule has 2 aromatic rings. The Hall–Kier alpha value is -1.38. The summed E-state index contributed by atoms with van der Waals surface area (Å²) < 4.78 is 1.99. The Labute approximate surface area is 77.4 Å². The Bertz CT molecular complexity index is 423. The second-order valence-corrected chi connectivity index (χ2v) is 4.21.